The third-order valence-electron chi connectivity index (χ3n) is 4.20. The molecule has 7 nitrogen and oxygen atoms in total. The third kappa shape index (κ3) is 2.94. The molecule has 0 saturated carbocycles. The van der Waals surface area contributed by atoms with Gasteiger partial charge in [0, 0.05) is 24.3 Å². The maximum absolute atomic E-state index is 12.4. The lowest BCUT2D eigenvalue weighted by atomic mass is 9.99. The van der Waals surface area contributed by atoms with Gasteiger partial charge in [-0.15, -0.1) is 0 Å². The highest BCUT2D eigenvalue weighted by atomic mass is 16.1. The van der Waals surface area contributed by atoms with Crippen LogP contribution in [0.4, 0.5) is 5.69 Å². The zero-order valence-electron chi connectivity index (χ0n) is 13.7. The van der Waals surface area contributed by atoms with Gasteiger partial charge in [0.1, 0.15) is 11.0 Å². The Kier molecular flexibility index (Phi) is 3.85. The molecular formula is C16H20N6O. The topological polar surface area (TPSA) is 88.5 Å². The zero-order valence-corrected chi connectivity index (χ0v) is 13.7. The van der Waals surface area contributed by atoms with Crippen LogP contribution in [-0.2, 0) is 18.3 Å². The van der Waals surface area contributed by atoms with Crippen LogP contribution in [0.15, 0.2) is 18.2 Å². The monoisotopic (exact) mass is 312 g/mol. The summed E-state index contributed by atoms with van der Waals surface area (Å²) in [5.41, 5.74) is 5.46. The molecule has 1 aromatic carbocycles. The van der Waals surface area contributed by atoms with Crippen LogP contribution >= 0.6 is 0 Å². The second kappa shape index (κ2) is 5.83. The molecule has 7 heteroatoms. The van der Waals surface area contributed by atoms with Crippen LogP contribution in [0.1, 0.15) is 23.9 Å². The Hall–Kier alpha value is -2.70. The summed E-state index contributed by atoms with van der Waals surface area (Å²) in [6.45, 7) is 5.93. The summed E-state index contributed by atoms with van der Waals surface area (Å²) in [5, 5.41) is 17.9. The van der Waals surface area contributed by atoms with Gasteiger partial charge in [0.15, 0.2) is 0 Å². The highest BCUT2D eigenvalue weighted by Crippen LogP contribution is 2.19. The number of rotatable bonds is 4. The van der Waals surface area contributed by atoms with Gasteiger partial charge in [-0.05, 0) is 44.0 Å². The van der Waals surface area contributed by atoms with Crippen molar-refractivity contribution in [3.8, 4) is 0 Å². The second-order valence-corrected chi connectivity index (χ2v) is 5.89. The van der Waals surface area contributed by atoms with Gasteiger partial charge < -0.3 is 5.32 Å². The highest BCUT2D eigenvalue weighted by Gasteiger charge is 2.18. The molecule has 3 rings (SSSR count). The van der Waals surface area contributed by atoms with Gasteiger partial charge in [-0.3, -0.25) is 9.48 Å². The van der Waals surface area contributed by atoms with Crippen LogP contribution in [0.25, 0.3) is 11.0 Å². The molecule has 1 unspecified atom stereocenters. The number of benzene rings is 1. The summed E-state index contributed by atoms with van der Waals surface area (Å²) in [6.07, 6.45) is 0.670. The van der Waals surface area contributed by atoms with E-state index in [1.807, 2.05) is 50.7 Å². The molecule has 2 heterocycles. The molecule has 0 radical (unpaired) electrons. The number of carbonyl (C=O) groups is 1. The summed E-state index contributed by atoms with van der Waals surface area (Å²) < 4.78 is 1.85. The molecule has 0 fully saturated rings. The van der Waals surface area contributed by atoms with Crippen molar-refractivity contribution in [2.45, 2.75) is 27.2 Å². The normalized spacial score (nSPS) is 12.5. The number of fused-ring (bicyclic) bond motifs is 1. The van der Waals surface area contributed by atoms with E-state index in [1.54, 1.807) is 0 Å². The number of hydrogen-bond acceptors (Lipinski definition) is 4. The van der Waals surface area contributed by atoms with Crippen molar-refractivity contribution in [2.75, 3.05) is 5.32 Å². The molecular weight excluding hydrogens is 292 g/mol. The standard InChI is InChI=1S/C16H20N6O/c1-9(7-13-10(2)20-22(4)11(13)3)16(23)17-12-5-6-14-15(8-12)19-21-18-14/h5-6,8-9H,7H2,1-4H3,(H,17,23)(H,18,19,21). The number of aryl methyl sites for hydroxylation is 2. The average molecular weight is 312 g/mol. The minimum absolute atomic E-state index is 0.0181. The molecule has 2 N–H and O–H groups in total. The van der Waals surface area contributed by atoms with Gasteiger partial charge in [0.25, 0.3) is 0 Å². The molecule has 2 aromatic heterocycles. The van der Waals surface area contributed by atoms with Crippen LogP contribution < -0.4 is 5.32 Å². The predicted molar refractivity (Wildman–Crippen MR) is 88.1 cm³/mol. The fraction of sp³-hybridized carbons (Fsp3) is 0.375. The van der Waals surface area contributed by atoms with Crippen molar-refractivity contribution in [3.05, 3.63) is 35.2 Å². The number of aromatic nitrogens is 5. The van der Waals surface area contributed by atoms with E-state index in [0.717, 1.165) is 33.7 Å². The van der Waals surface area contributed by atoms with E-state index in [2.05, 4.69) is 25.8 Å². The molecule has 0 aliphatic rings. The minimum atomic E-state index is -0.149. The molecule has 0 aliphatic heterocycles. The average Bonchev–Trinajstić information content (AvgIpc) is 3.07. The van der Waals surface area contributed by atoms with E-state index in [4.69, 9.17) is 0 Å². The zero-order chi connectivity index (χ0) is 16.6. The number of aromatic amines is 1. The van der Waals surface area contributed by atoms with Crippen LogP contribution in [-0.4, -0.2) is 31.1 Å². The number of nitrogens with one attached hydrogen (secondary N) is 2. The van der Waals surface area contributed by atoms with Crippen LogP contribution in [0, 0.1) is 19.8 Å². The lowest BCUT2D eigenvalue weighted by molar-refractivity contribution is -0.119. The Balaban J connectivity index is 1.71. The summed E-state index contributed by atoms with van der Waals surface area (Å²) >= 11 is 0. The lowest BCUT2D eigenvalue weighted by Crippen LogP contribution is -2.22. The Morgan fingerprint density at radius 3 is 2.74 bits per heavy atom. The van der Waals surface area contributed by atoms with Gasteiger partial charge in [-0.25, -0.2) is 0 Å². The molecule has 3 aromatic rings. The molecule has 1 atom stereocenters. The Morgan fingerprint density at radius 1 is 1.30 bits per heavy atom. The van der Waals surface area contributed by atoms with Crippen molar-refractivity contribution < 1.29 is 4.79 Å². The highest BCUT2D eigenvalue weighted by molar-refractivity contribution is 5.94. The van der Waals surface area contributed by atoms with Gasteiger partial charge in [-0.2, -0.15) is 20.5 Å². The first-order valence-electron chi connectivity index (χ1n) is 7.56. The lowest BCUT2D eigenvalue weighted by Gasteiger charge is -2.12. The number of hydrogen-bond donors (Lipinski definition) is 2. The minimum Gasteiger partial charge on any atom is -0.326 e. The molecule has 1 amide bonds. The first kappa shape index (κ1) is 15.2. The Bertz CT molecular complexity index is 863. The SMILES string of the molecule is Cc1nn(C)c(C)c1CC(C)C(=O)Nc1ccc2n[nH]nc2c1. The van der Waals surface area contributed by atoms with Crippen molar-refractivity contribution >= 4 is 22.6 Å². The van der Waals surface area contributed by atoms with E-state index in [9.17, 15) is 4.79 Å². The van der Waals surface area contributed by atoms with Crippen molar-refractivity contribution in [1.82, 2.24) is 25.2 Å². The molecule has 0 aliphatic carbocycles. The van der Waals surface area contributed by atoms with Crippen molar-refractivity contribution in [2.24, 2.45) is 13.0 Å². The van der Waals surface area contributed by atoms with Crippen LogP contribution in [0.2, 0.25) is 0 Å². The van der Waals surface area contributed by atoms with Crippen LogP contribution in [0.5, 0.6) is 0 Å². The fourth-order valence-electron chi connectivity index (χ4n) is 2.70. The van der Waals surface area contributed by atoms with Crippen molar-refractivity contribution in [3.63, 3.8) is 0 Å². The van der Waals surface area contributed by atoms with E-state index < -0.39 is 0 Å². The summed E-state index contributed by atoms with van der Waals surface area (Å²) in [6, 6.07) is 5.47. The van der Waals surface area contributed by atoms with E-state index in [1.165, 1.54) is 0 Å². The number of amides is 1. The Labute approximate surface area is 134 Å². The summed E-state index contributed by atoms with van der Waals surface area (Å²) in [4.78, 5) is 12.4. The van der Waals surface area contributed by atoms with Gasteiger partial charge >= 0.3 is 0 Å². The smallest absolute Gasteiger partial charge is 0.227 e. The molecule has 23 heavy (non-hydrogen) atoms. The molecule has 120 valence electrons. The number of anilines is 1. The number of carbonyl (C=O) groups excluding carboxylic acids is 1. The van der Waals surface area contributed by atoms with Gasteiger partial charge in [-0.1, -0.05) is 6.92 Å². The maximum atomic E-state index is 12.4. The first-order valence-corrected chi connectivity index (χ1v) is 7.56. The van der Waals surface area contributed by atoms with Crippen LogP contribution in [0.3, 0.4) is 0 Å². The first-order chi connectivity index (χ1) is 11.0. The van der Waals surface area contributed by atoms with E-state index in [0.29, 0.717) is 6.42 Å². The third-order valence-corrected chi connectivity index (χ3v) is 4.20. The molecule has 0 spiro atoms. The van der Waals surface area contributed by atoms with Crippen molar-refractivity contribution in [1.29, 1.82) is 0 Å². The predicted octanol–water partition coefficient (Wildman–Crippen LogP) is 2.13. The second-order valence-electron chi connectivity index (χ2n) is 5.89. The summed E-state index contributed by atoms with van der Waals surface area (Å²) in [5.74, 6) is -0.167. The largest absolute Gasteiger partial charge is 0.326 e. The molecule has 0 bridgehead atoms. The molecule has 0 saturated heterocycles. The quantitative estimate of drug-likeness (QED) is 0.772. The number of nitrogens with zero attached hydrogens (tertiary/aromatic N) is 4. The van der Waals surface area contributed by atoms with Gasteiger partial charge in [0.2, 0.25) is 5.91 Å². The fourth-order valence-corrected chi connectivity index (χ4v) is 2.70. The Morgan fingerprint density at radius 2 is 2.04 bits per heavy atom. The summed E-state index contributed by atoms with van der Waals surface area (Å²) in [7, 11) is 1.92. The van der Waals surface area contributed by atoms with E-state index in [-0.39, 0.29) is 11.8 Å². The maximum Gasteiger partial charge on any atom is 0.227 e. The van der Waals surface area contributed by atoms with E-state index >= 15 is 0 Å². The van der Waals surface area contributed by atoms with Gasteiger partial charge in [0.05, 0.1) is 5.69 Å². The number of H-pyrrole nitrogens is 1.